The Kier molecular flexibility index (Phi) is 5.02. The van der Waals surface area contributed by atoms with Gasteiger partial charge in [-0.15, -0.1) is 0 Å². The molecular formula is C14H17BrClN3. The van der Waals surface area contributed by atoms with Crippen LogP contribution in [0, 0.1) is 0 Å². The molecule has 1 aromatic carbocycles. The van der Waals surface area contributed by atoms with Crippen LogP contribution >= 0.6 is 27.5 Å². The molecule has 3 nitrogen and oxygen atoms in total. The van der Waals surface area contributed by atoms with Crippen molar-refractivity contribution >= 4 is 27.5 Å². The SMILES string of the molecule is CCn1ccnc1CC(NC)c1ccc(Br)c(Cl)c1. The van der Waals surface area contributed by atoms with Gasteiger partial charge in [0.05, 0.1) is 5.02 Å². The van der Waals surface area contributed by atoms with Gasteiger partial charge in [-0.1, -0.05) is 17.7 Å². The molecule has 19 heavy (non-hydrogen) atoms. The van der Waals surface area contributed by atoms with E-state index in [4.69, 9.17) is 11.6 Å². The van der Waals surface area contributed by atoms with Crippen LogP contribution in [0.2, 0.25) is 5.02 Å². The first-order valence-corrected chi connectivity index (χ1v) is 7.45. The molecule has 0 spiro atoms. The first-order valence-electron chi connectivity index (χ1n) is 6.28. The van der Waals surface area contributed by atoms with Gasteiger partial charge in [-0.2, -0.15) is 0 Å². The summed E-state index contributed by atoms with van der Waals surface area (Å²) in [6, 6.07) is 6.26. The number of imidazole rings is 1. The van der Waals surface area contributed by atoms with E-state index in [-0.39, 0.29) is 6.04 Å². The van der Waals surface area contributed by atoms with Crippen molar-refractivity contribution < 1.29 is 0 Å². The van der Waals surface area contributed by atoms with E-state index >= 15 is 0 Å². The fourth-order valence-corrected chi connectivity index (χ4v) is 2.55. The van der Waals surface area contributed by atoms with E-state index < -0.39 is 0 Å². The van der Waals surface area contributed by atoms with Crippen molar-refractivity contribution in [1.82, 2.24) is 14.9 Å². The Hall–Kier alpha value is -0.840. The Labute approximate surface area is 127 Å². The summed E-state index contributed by atoms with van der Waals surface area (Å²) in [4.78, 5) is 4.42. The summed E-state index contributed by atoms with van der Waals surface area (Å²) >= 11 is 9.57. The largest absolute Gasteiger partial charge is 0.335 e. The second kappa shape index (κ2) is 6.55. The normalized spacial score (nSPS) is 12.6. The van der Waals surface area contributed by atoms with E-state index in [9.17, 15) is 0 Å². The third-order valence-corrected chi connectivity index (χ3v) is 4.46. The number of rotatable bonds is 5. The molecule has 5 heteroatoms. The van der Waals surface area contributed by atoms with Gasteiger partial charge >= 0.3 is 0 Å². The fraction of sp³-hybridized carbons (Fsp3) is 0.357. The number of hydrogen-bond acceptors (Lipinski definition) is 2. The Balaban J connectivity index is 2.22. The van der Waals surface area contributed by atoms with Gasteiger partial charge in [0, 0.05) is 35.9 Å². The minimum atomic E-state index is 0.207. The molecule has 0 amide bonds. The molecule has 0 saturated carbocycles. The third kappa shape index (κ3) is 3.38. The number of aromatic nitrogens is 2. The molecule has 0 aliphatic heterocycles. The summed E-state index contributed by atoms with van der Waals surface area (Å²) in [6.07, 6.45) is 4.70. The van der Waals surface area contributed by atoms with Gasteiger partial charge in [-0.3, -0.25) is 0 Å². The molecule has 102 valence electrons. The zero-order valence-electron chi connectivity index (χ0n) is 11.0. The Morgan fingerprint density at radius 3 is 2.89 bits per heavy atom. The quantitative estimate of drug-likeness (QED) is 0.895. The topological polar surface area (TPSA) is 29.9 Å². The summed E-state index contributed by atoms with van der Waals surface area (Å²) in [7, 11) is 1.96. The van der Waals surface area contributed by atoms with Gasteiger partial charge in [0.25, 0.3) is 0 Å². The van der Waals surface area contributed by atoms with Crippen LogP contribution in [0.15, 0.2) is 35.1 Å². The molecule has 0 radical (unpaired) electrons. The van der Waals surface area contributed by atoms with Crippen LogP contribution in [-0.4, -0.2) is 16.6 Å². The number of likely N-dealkylation sites (N-methyl/N-ethyl adjacent to an activating group) is 1. The smallest absolute Gasteiger partial charge is 0.110 e. The van der Waals surface area contributed by atoms with Crippen molar-refractivity contribution in [2.45, 2.75) is 25.9 Å². The number of halogens is 2. The van der Waals surface area contributed by atoms with Crippen LogP contribution in [0.1, 0.15) is 24.4 Å². The van der Waals surface area contributed by atoms with Crippen molar-refractivity contribution in [2.75, 3.05) is 7.05 Å². The van der Waals surface area contributed by atoms with Crippen LogP contribution in [0.4, 0.5) is 0 Å². The lowest BCUT2D eigenvalue weighted by molar-refractivity contribution is 0.553. The van der Waals surface area contributed by atoms with Gasteiger partial charge < -0.3 is 9.88 Å². The highest BCUT2D eigenvalue weighted by molar-refractivity contribution is 9.10. The molecule has 0 bridgehead atoms. The van der Waals surface area contributed by atoms with E-state index in [2.05, 4.69) is 43.8 Å². The number of benzene rings is 1. The molecule has 1 atom stereocenters. The first kappa shape index (κ1) is 14.6. The second-order valence-corrected chi connectivity index (χ2v) is 5.61. The molecule has 2 rings (SSSR count). The molecule has 0 fully saturated rings. The molecule has 0 saturated heterocycles. The third-order valence-electron chi connectivity index (χ3n) is 3.22. The lowest BCUT2D eigenvalue weighted by Gasteiger charge is -2.17. The van der Waals surface area contributed by atoms with E-state index in [0.29, 0.717) is 0 Å². The Morgan fingerprint density at radius 1 is 1.47 bits per heavy atom. The predicted molar refractivity (Wildman–Crippen MR) is 82.6 cm³/mol. The van der Waals surface area contributed by atoms with Crippen LogP contribution in [0.5, 0.6) is 0 Å². The minimum absolute atomic E-state index is 0.207. The summed E-state index contributed by atoms with van der Waals surface area (Å²) in [5.74, 6) is 1.08. The zero-order chi connectivity index (χ0) is 13.8. The highest BCUT2D eigenvalue weighted by Crippen LogP contribution is 2.27. The summed E-state index contributed by atoms with van der Waals surface area (Å²) < 4.78 is 3.08. The molecule has 1 unspecified atom stereocenters. The Morgan fingerprint density at radius 2 is 2.26 bits per heavy atom. The van der Waals surface area contributed by atoms with Gasteiger partial charge in [0.15, 0.2) is 0 Å². The fourth-order valence-electron chi connectivity index (χ4n) is 2.12. The predicted octanol–water partition coefficient (Wildman–Crippen LogP) is 3.82. The highest BCUT2D eigenvalue weighted by Gasteiger charge is 2.14. The number of nitrogens with zero attached hydrogens (tertiary/aromatic N) is 2. The number of aryl methyl sites for hydroxylation is 1. The summed E-state index contributed by atoms with van der Waals surface area (Å²) in [6.45, 7) is 3.06. The number of nitrogens with one attached hydrogen (secondary N) is 1. The maximum absolute atomic E-state index is 6.16. The van der Waals surface area contributed by atoms with Gasteiger partial charge in [-0.25, -0.2) is 4.98 Å². The van der Waals surface area contributed by atoms with Gasteiger partial charge in [0.1, 0.15) is 5.82 Å². The van der Waals surface area contributed by atoms with Crippen molar-refractivity contribution in [2.24, 2.45) is 0 Å². The van der Waals surface area contributed by atoms with Gasteiger partial charge in [0.2, 0.25) is 0 Å². The molecule has 2 aromatic rings. The van der Waals surface area contributed by atoms with Crippen LogP contribution < -0.4 is 5.32 Å². The second-order valence-electron chi connectivity index (χ2n) is 4.35. The van der Waals surface area contributed by atoms with E-state index in [1.807, 2.05) is 31.6 Å². The highest BCUT2D eigenvalue weighted by atomic mass is 79.9. The molecule has 1 N–H and O–H groups in total. The van der Waals surface area contributed by atoms with Crippen LogP contribution in [0.3, 0.4) is 0 Å². The maximum Gasteiger partial charge on any atom is 0.110 e. The average Bonchev–Trinajstić information content (AvgIpc) is 2.86. The summed E-state index contributed by atoms with van der Waals surface area (Å²) in [5.41, 5.74) is 1.17. The van der Waals surface area contributed by atoms with E-state index in [0.717, 1.165) is 28.3 Å². The average molecular weight is 343 g/mol. The lowest BCUT2D eigenvalue weighted by Crippen LogP contribution is -2.20. The maximum atomic E-state index is 6.16. The molecule has 1 heterocycles. The van der Waals surface area contributed by atoms with Crippen molar-refractivity contribution in [3.8, 4) is 0 Å². The van der Waals surface area contributed by atoms with Gasteiger partial charge in [-0.05, 0) is 47.6 Å². The first-order chi connectivity index (χ1) is 9.15. The summed E-state index contributed by atoms with van der Waals surface area (Å²) in [5, 5.41) is 4.06. The Bertz CT molecular complexity index is 553. The van der Waals surface area contributed by atoms with E-state index in [1.54, 1.807) is 0 Å². The molecule has 0 aliphatic rings. The zero-order valence-corrected chi connectivity index (χ0v) is 13.4. The molecular weight excluding hydrogens is 326 g/mol. The standard InChI is InChI=1S/C14H17BrClN3/c1-3-19-7-6-18-14(19)9-13(17-2)10-4-5-11(15)12(16)8-10/h4-8,13,17H,3,9H2,1-2H3. The van der Waals surface area contributed by atoms with Crippen molar-refractivity contribution in [1.29, 1.82) is 0 Å². The van der Waals surface area contributed by atoms with Crippen molar-refractivity contribution in [3.05, 3.63) is 51.5 Å². The molecule has 0 aliphatic carbocycles. The monoisotopic (exact) mass is 341 g/mol. The van der Waals surface area contributed by atoms with E-state index in [1.165, 1.54) is 5.56 Å². The number of hydrogen-bond donors (Lipinski definition) is 1. The van der Waals surface area contributed by atoms with Crippen LogP contribution in [0.25, 0.3) is 0 Å². The molecule has 1 aromatic heterocycles. The van der Waals surface area contributed by atoms with Crippen LogP contribution in [-0.2, 0) is 13.0 Å². The minimum Gasteiger partial charge on any atom is -0.335 e. The lowest BCUT2D eigenvalue weighted by atomic mass is 10.0. The van der Waals surface area contributed by atoms with Crippen molar-refractivity contribution in [3.63, 3.8) is 0 Å².